The molecule has 31 heavy (non-hydrogen) atoms. The lowest BCUT2D eigenvalue weighted by molar-refractivity contribution is 0.164. The predicted octanol–water partition coefficient (Wildman–Crippen LogP) is 2.94. The number of methoxy groups -OCH3 is 2. The molecule has 1 fully saturated rings. The molecular weight excluding hydrogens is 420 g/mol. The number of ether oxygens (including phenoxy) is 4. The maximum Gasteiger partial charge on any atom is 0.244 e. The number of likely N-dealkylation sites (tertiary alicyclic amines) is 1. The fourth-order valence-corrected chi connectivity index (χ4v) is 5.29. The topological polar surface area (TPSA) is 86.3 Å². The number of rotatable bonds is 8. The number of piperidine rings is 1. The van der Waals surface area contributed by atoms with Gasteiger partial charge in [-0.05, 0) is 55.8 Å². The highest BCUT2D eigenvalue weighted by Crippen LogP contribution is 2.36. The van der Waals surface area contributed by atoms with E-state index in [1.54, 1.807) is 12.1 Å². The fraction of sp³-hybridized carbons (Fsp3) is 0.455. The Morgan fingerprint density at radius 2 is 1.77 bits per heavy atom. The molecule has 168 valence electrons. The number of hydrogen-bond donors (Lipinski definition) is 1. The van der Waals surface area contributed by atoms with Gasteiger partial charge in [0.15, 0.2) is 11.5 Å². The average molecular weight is 449 g/mol. The first kappa shape index (κ1) is 21.7. The Kier molecular flexibility index (Phi) is 6.54. The minimum atomic E-state index is -3.83. The zero-order chi connectivity index (χ0) is 21.8. The third-order valence-electron chi connectivity index (χ3n) is 5.74. The molecular formula is C22H28N2O6S. The van der Waals surface area contributed by atoms with E-state index in [-0.39, 0.29) is 30.0 Å². The van der Waals surface area contributed by atoms with E-state index in [9.17, 15) is 8.42 Å². The number of hydrogen-bond acceptors (Lipinski definition) is 7. The van der Waals surface area contributed by atoms with Crippen molar-refractivity contribution in [2.75, 3.05) is 40.6 Å². The summed E-state index contributed by atoms with van der Waals surface area (Å²) in [5, 5.41) is 0. The van der Waals surface area contributed by atoms with E-state index in [0.717, 1.165) is 31.5 Å². The van der Waals surface area contributed by atoms with Gasteiger partial charge < -0.3 is 18.9 Å². The fourth-order valence-electron chi connectivity index (χ4n) is 4.07. The van der Waals surface area contributed by atoms with Gasteiger partial charge in [0.2, 0.25) is 16.8 Å². The number of benzene rings is 2. The van der Waals surface area contributed by atoms with Crippen molar-refractivity contribution >= 4 is 10.0 Å². The van der Waals surface area contributed by atoms with Gasteiger partial charge in [0.05, 0.1) is 14.2 Å². The highest BCUT2D eigenvalue weighted by Gasteiger charge is 2.28. The first-order valence-electron chi connectivity index (χ1n) is 10.4. The maximum absolute atomic E-state index is 13.2. The molecule has 1 atom stereocenters. The van der Waals surface area contributed by atoms with E-state index in [0.29, 0.717) is 17.2 Å². The second-order valence-corrected chi connectivity index (χ2v) is 9.33. The van der Waals surface area contributed by atoms with Crippen LogP contribution in [0.25, 0.3) is 0 Å². The molecule has 1 N–H and O–H groups in total. The molecule has 1 unspecified atom stereocenters. The van der Waals surface area contributed by atoms with Crippen LogP contribution < -0.4 is 23.7 Å². The summed E-state index contributed by atoms with van der Waals surface area (Å²) in [6.45, 7) is 2.27. The first-order chi connectivity index (χ1) is 15.0. The number of sulfonamides is 1. The van der Waals surface area contributed by atoms with Crippen LogP contribution in [-0.2, 0) is 10.0 Å². The molecule has 8 nitrogen and oxygen atoms in total. The minimum absolute atomic E-state index is 0.0532. The molecule has 2 aliphatic heterocycles. The van der Waals surface area contributed by atoms with Crippen molar-refractivity contribution in [3.63, 3.8) is 0 Å². The third kappa shape index (κ3) is 4.73. The van der Waals surface area contributed by atoms with Crippen LogP contribution in [0.15, 0.2) is 41.3 Å². The number of fused-ring (bicyclic) bond motifs is 1. The lowest BCUT2D eigenvalue weighted by Gasteiger charge is -2.35. The summed E-state index contributed by atoms with van der Waals surface area (Å²) in [6.07, 6.45) is 3.38. The van der Waals surface area contributed by atoms with Crippen molar-refractivity contribution in [2.45, 2.75) is 30.2 Å². The molecule has 4 rings (SSSR count). The van der Waals surface area contributed by atoms with E-state index < -0.39 is 10.0 Å². The van der Waals surface area contributed by atoms with Crippen LogP contribution in [0, 0.1) is 0 Å². The monoisotopic (exact) mass is 448 g/mol. The van der Waals surface area contributed by atoms with E-state index >= 15 is 0 Å². The Morgan fingerprint density at radius 1 is 1.00 bits per heavy atom. The van der Waals surface area contributed by atoms with Crippen LogP contribution in [0.2, 0.25) is 0 Å². The quantitative estimate of drug-likeness (QED) is 0.664. The summed E-state index contributed by atoms with van der Waals surface area (Å²) in [7, 11) is -0.880. The Hall–Kier alpha value is -2.49. The molecule has 2 aliphatic rings. The van der Waals surface area contributed by atoms with E-state index in [2.05, 4.69) is 9.62 Å². The average Bonchev–Trinajstić information content (AvgIpc) is 3.27. The van der Waals surface area contributed by atoms with Crippen LogP contribution in [-0.4, -0.2) is 54.0 Å². The van der Waals surface area contributed by atoms with Crippen LogP contribution >= 0.6 is 0 Å². The van der Waals surface area contributed by atoms with Crippen LogP contribution in [0.5, 0.6) is 23.0 Å². The predicted molar refractivity (Wildman–Crippen MR) is 115 cm³/mol. The molecule has 0 aromatic heterocycles. The van der Waals surface area contributed by atoms with Gasteiger partial charge in [-0.15, -0.1) is 0 Å². The van der Waals surface area contributed by atoms with Crippen molar-refractivity contribution in [1.29, 1.82) is 0 Å². The van der Waals surface area contributed by atoms with Crippen molar-refractivity contribution in [3.05, 3.63) is 42.0 Å². The van der Waals surface area contributed by atoms with Crippen molar-refractivity contribution in [1.82, 2.24) is 9.62 Å². The standard InChI is InChI=1S/C22H28N2O6S/c1-27-17-7-9-20(28-2)22(13-17)31(25,26)23-14-18(24-10-4-3-5-11-24)16-6-8-19-21(12-16)30-15-29-19/h6-9,12-13,18,23H,3-5,10-11,14-15H2,1-2H3. The zero-order valence-electron chi connectivity index (χ0n) is 17.8. The smallest absolute Gasteiger partial charge is 0.244 e. The normalized spacial score (nSPS) is 17.4. The summed E-state index contributed by atoms with van der Waals surface area (Å²) in [5.41, 5.74) is 0.992. The molecule has 0 spiro atoms. The molecule has 2 aromatic carbocycles. The first-order valence-corrected chi connectivity index (χ1v) is 11.9. The number of nitrogens with zero attached hydrogens (tertiary/aromatic N) is 1. The van der Waals surface area contributed by atoms with E-state index in [1.807, 2.05) is 18.2 Å². The second kappa shape index (κ2) is 9.33. The zero-order valence-corrected chi connectivity index (χ0v) is 18.6. The second-order valence-electron chi connectivity index (χ2n) is 7.59. The number of nitrogens with one attached hydrogen (secondary N) is 1. The molecule has 2 aromatic rings. The van der Waals surface area contributed by atoms with Gasteiger partial charge in [-0.25, -0.2) is 13.1 Å². The summed E-state index contributed by atoms with van der Waals surface area (Å²) < 4.78 is 50.6. The molecule has 0 radical (unpaired) electrons. The Balaban J connectivity index is 1.60. The van der Waals surface area contributed by atoms with Crippen LogP contribution in [0.4, 0.5) is 0 Å². The van der Waals surface area contributed by atoms with Gasteiger partial charge >= 0.3 is 0 Å². The molecule has 0 aliphatic carbocycles. The summed E-state index contributed by atoms with van der Waals surface area (Å²) >= 11 is 0. The molecule has 1 saturated heterocycles. The highest BCUT2D eigenvalue weighted by molar-refractivity contribution is 7.89. The molecule has 0 amide bonds. The minimum Gasteiger partial charge on any atom is -0.497 e. The van der Waals surface area contributed by atoms with E-state index in [1.165, 1.54) is 26.7 Å². The third-order valence-corrected chi connectivity index (χ3v) is 7.18. The van der Waals surface area contributed by atoms with Crippen molar-refractivity contribution in [2.24, 2.45) is 0 Å². The summed E-state index contributed by atoms with van der Waals surface area (Å²) in [6, 6.07) is 10.4. The van der Waals surface area contributed by atoms with Crippen molar-refractivity contribution in [3.8, 4) is 23.0 Å². The molecule has 0 saturated carbocycles. The molecule has 2 heterocycles. The Bertz CT molecular complexity index is 1020. The molecule has 0 bridgehead atoms. The van der Waals surface area contributed by atoms with Gasteiger partial charge in [0.25, 0.3) is 0 Å². The largest absolute Gasteiger partial charge is 0.497 e. The SMILES string of the molecule is COc1ccc(OC)c(S(=O)(=O)NCC(c2ccc3c(c2)OCO3)N2CCCCC2)c1. The lowest BCUT2D eigenvalue weighted by Crippen LogP contribution is -2.40. The van der Waals surface area contributed by atoms with Crippen LogP contribution in [0.1, 0.15) is 30.9 Å². The van der Waals surface area contributed by atoms with Gasteiger partial charge in [-0.2, -0.15) is 0 Å². The van der Waals surface area contributed by atoms with Gasteiger partial charge in [0, 0.05) is 18.7 Å². The lowest BCUT2D eigenvalue weighted by atomic mass is 10.0. The summed E-state index contributed by atoms with van der Waals surface area (Å²) in [5.74, 6) is 2.12. The highest BCUT2D eigenvalue weighted by atomic mass is 32.2. The van der Waals surface area contributed by atoms with Crippen LogP contribution in [0.3, 0.4) is 0 Å². The van der Waals surface area contributed by atoms with E-state index in [4.69, 9.17) is 18.9 Å². The van der Waals surface area contributed by atoms with Crippen molar-refractivity contribution < 1.29 is 27.4 Å². The molecule has 9 heteroatoms. The summed E-state index contributed by atoms with van der Waals surface area (Å²) in [4.78, 5) is 2.38. The Labute approximate surface area is 183 Å². The van der Waals surface area contributed by atoms with Gasteiger partial charge in [-0.1, -0.05) is 12.5 Å². The maximum atomic E-state index is 13.2. The van der Waals surface area contributed by atoms with Gasteiger partial charge in [-0.3, -0.25) is 4.90 Å². The van der Waals surface area contributed by atoms with Gasteiger partial charge in [0.1, 0.15) is 16.4 Å². The Morgan fingerprint density at radius 3 is 2.52 bits per heavy atom.